The lowest BCUT2D eigenvalue weighted by atomic mass is 10.1. The van der Waals surface area contributed by atoms with E-state index in [1.54, 1.807) is 14.2 Å². The predicted octanol–water partition coefficient (Wildman–Crippen LogP) is 2.86. The van der Waals surface area contributed by atoms with E-state index in [0.29, 0.717) is 30.2 Å². The van der Waals surface area contributed by atoms with Crippen molar-refractivity contribution in [1.29, 1.82) is 0 Å². The smallest absolute Gasteiger partial charge is 0.258 e. The molecular weight excluding hydrogens is 266 g/mol. The summed E-state index contributed by atoms with van der Waals surface area (Å²) in [5.74, 6) is 1.10. The second-order valence-electron chi connectivity index (χ2n) is 4.98. The molecular formula is C17H17NO3. The van der Waals surface area contributed by atoms with Crippen molar-refractivity contribution in [2.45, 2.75) is 13.1 Å². The van der Waals surface area contributed by atoms with Crippen LogP contribution < -0.4 is 9.47 Å². The summed E-state index contributed by atoms with van der Waals surface area (Å²) in [7, 11) is 3.14. The van der Waals surface area contributed by atoms with E-state index in [0.717, 1.165) is 11.1 Å². The molecule has 1 aliphatic heterocycles. The van der Waals surface area contributed by atoms with E-state index >= 15 is 0 Å². The first-order valence-electron chi connectivity index (χ1n) is 6.81. The highest BCUT2D eigenvalue weighted by molar-refractivity contribution is 6.01. The first-order valence-corrected chi connectivity index (χ1v) is 6.81. The van der Waals surface area contributed by atoms with Gasteiger partial charge in [0.25, 0.3) is 5.91 Å². The summed E-state index contributed by atoms with van der Waals surface area (Å²) in [5.41, 5.74) is 2.71. The van der Waals surface area contributed by atoms with Crippen LogP contribution in [0.2, 0.25) is 0 Å². The highest BCUT2D eigenvalue weighted by Gasteiger charge is 2.32. The lowest BCUT2D eigenvalue weighted by Gasteiger charge is -2.15. The number of ether oxygens (including phenoxy) is 2. The van der Waals surface area contributed by atoms with Gasteiger partial charge < -0.3 is 14.4 Å². The Morgan fingerprint density at radius 1 is 1.05 bits per heavy atom. The summed E-state index contributed by atoms with van der Waals surface area (Å²) in [6.07, 6.45) is 0. The van der Waals surface area contributed by atoms with Crippen molar-refractivity contribution in [3.8, 4) is 11.5 Å². The molecule has 0 unspecified atom stereocenters. The minimum atomic E-state index is -0.00963. The number of hydrogen-bond acceptors (Lipinski definition) is 3. The van der Waals surface area contributed by atoms with Crippen molar-refractivity contribution in [2.24, 2.45) is 0 Å². The number of fused-ring (bicyclic) bond motifs is 1. The van der Waals surface area contributed by atoms with Gasteiger partial charge in [-0.05, 0) is 17.2 Å². The molecule has 0 bridgehead atoms. The zero-order valence-corrected chi connectivity index (χ0v) is 12.1. The van der Waals surface area contributed by atoms with Gasteiger partial charge in [-0.2, -0.15) is 0 Å². The molecule has 1 aliphatic rings. The number of carbonyl (C=O) groups is 1. The van der Waals surface area contributed by atoms with E-state index in [9.17, 15) is 4.79 Å². The summed E-state index contributed by atoms with van der Waals surface area (Å²) in [5, 5.41) is 0. The molecule has 21 heavy (non-hydrogen) atoms. The van der Waals surface area contributed by atoms with Gasteiger partial charge in [-0.3, -0.25) is 4.79 Å². The average molecular weight is 283 g/mol. The van der Waals surface area contributed by atoms with Crippen LogP contribution in [0.25, 0.3) is 0 Å². The Bertz CT molecular complexity index is 667. The molecule has 4 heteroatoms. The third kappa shape index (κ3) is 2.33. The van der Waals surface area contributed by atoms with Crippen molar-refractivity contribution in [3.63, 3.8) is 0 Å². The van der Waals surface area contributed by atoms with Gasteiger partial charge in [-0.15, -0.1) is 0 Å². The molecule has 108 valence electrons. The lowest BCUT2D eigenvalue weighted by molar-refractivity contribution is 0.0764. The molecule has 0 N–H and O–H groups in total. The van der Waals surface area contributed by atoms with Crippen LogP contribution in [0.5, 0.6) is 11.5 Å². The quantitative estimate of drug-likeness (QED) is 0.866. The number of benzene rings is 2. The van der Waals surface area contributed by atoms with Crippen LogP contribution in [0, 0.1) is 0 Å². The van der Waals surface area contributed by atoms with E-state index in [4.69, 9.17) is 9.47 Å². The molecule has 0 saturated carbocycles. The monoisotopic (exact) mass is 283 g/mol. The Balaban J connectivity index is 1.92. The largest absolute Gasteiger partial charge is 0.493 e. The Labute approximate surface area is 123 Å². The molecule has 0 aliphatic carbocycles. The van der Waals surface area contributed by atoms with Crippen LogP contribution in [0.1, 0.15) is 21.5 Å². The second-order valence-corrected chi connectivity index (χ2v) is 4.98. The standard InChI is InChI=1S/C17H17NO3/c1-20-14-9-8-13-11-18(10-12-6-4-3-5-7-12)17(19)15(13)16(14)21-2/h3-9H,10-11H2,1-2H3. The van der Waals surface area contributed by atoms with Gasteiger partial charge in [0, 0.05) is 13.1 Å². The van der Waals surface area contributed by atoms with Gasteiger partial charge >= 0.3 is 0 Å². The van der Waals surface area contributed by atoms with Gasteiger partial charge in [-0.25, -0.2) is 0 Å². The molecule has 0 spiro atoms. The minimum Gasteiger partial charge on any atom is -0.493 e. The van der Waals surface area contributed by atoms with Gasteiger partial charge in [-0.1, -0.05) is 36.4 Å². The van der Waals surface area contributed by atoms with E-state index in [1.807, 2.05) is 47.4 Å². The summed E-state index contributed by atoms with van der Waals surface area (Å²) in [4.78, 5) is 14.5. The zero-order valence-electron chi connectivity index (χ0n) is 12.1. The Morgan fingerprint density at radius 3 is 2.48 bits per heavy atom. The van der Waals surface area contributed by atoms with Crippen molar-refractivity contribution >= 4 is 5.91 Å². The number of hydrogen-bond donors (Lipinski definition) is 0. The topological polar surface area (TPSA) is 38.8 Å². The highest BCUT2D eigenvalue weighted by Crippen LogP contribution is 2.38. The molecule has 1 amide bonds. The predicted molar refractivity (Wildman–Crippen MR) is 79.6 cm³/mol. The summed E-state index contributed by atoms with van der Waals surface area (Å²) < 4.78 is 10.6. The van der Waals surface area contributed by atoms with Crippen LogP contribution >= 0.6 is 0 Å². The molecule has 4 nitrogen and oxygen atoms in total. The maximum absolute atomic E-state index is 12.6. The van der Waals surface area contributed by atoms with E-state index in [1.165, 1.54) is 0 Å². The Hall–Kier alpha value is -2.49. The normalized spacial score (nSPS) is 13.2. The summed E-state index contributed by atoms with van der Waals surface area (Å²) >= 11 is 0. The molecule has 1 heterocycles. The van der Waals surface area contributed by atoms with Crippen molar-refractivity contribution in [3.05, 3.63) is 59.2 Å². The number of rotatable bonds is 4. The lowest BCUT2D eigenvalue weighted by Crippen LogP contribution is -2.23. The number of methoxy groups -OCH3 is 2. The van der Waals surface area contributed by atoms with Crippen LogP contribution in [0.3, 0.4) is 0 Å². The van der Waals surface area contributed by atoms with E-state index < -0.39 is 0 Å². The van der Waals surface area contributed by atoms with Crippen molar-refractivity contribution in [1.82, 2.24) is 4.90 Å². The Kier molecular flexibility index (Phi) is 3.52. The number of amides is 1. The molecule has 0 radical (unpaired) electrons. The van der Waals surface area contributed by atoms with Gasteiger partial charge in [0.1, 0.15) is 0 Å². The Morgan fingerprint density at radius 2 is 1.81 bits per heavy atom. The second kappa shape index (κ2) is 5.48. The fraction of sp³-hybridized carbons (Fsp3) is 0.235. The molecule has 2 aromatic carbocycles. The third-order valence-corrected chi connectivity index (χ3v) is 3.71. The molecule has 0 saturated heterocycles. The number of nitrogens with zero attached hydrogens (tertiary/aromatic N) is 1. The molecule has 0 atom stereocenters. The minimum absolute atomic E-state index is 0.00963. The molecule has 0 aromatic heterocycles. The van der Waals surface area contributed by atoms with E-state index in [-0.39, 0.29) is 5.91 Å². The summed E-state index contributed by atoms with van der Waals surface area (Å²) in [6.45, 7) is 1.20. The third-order valence-electron chi connectivity index (χ3n) is 3.71. The van der Waals surface area contributed by atoms with Crippen molar-refractivity contribution < 1.29 is 14.3 Å². The first-order chi connectivity index (χ1) is 10.2. The fourth-order valence-electron chi connectivity index (χ4n) is 2.70. The zero-order chi connectivity index (χ0) is 14.8. The highest BCUT2D eigenvalue weighted by atomic mass is 16.5. The molecule has 2 aromatic rings. The maximum atomic E-state index is 12.6. The van der Waals surface area contributed by atoms with Crippen LogP contribution in [0.4, 0.5) is 0 Å². The SMILES string of the molecule is COc1ccc2c(c1OC)C(=O)N(Cc1ccccc1)C2. The van der Waals surface area contributed by atoms with Crippen LogP contribution in [-0.4, -0.2) is 25.0 Å². The van der Waals surface area contributed by atoms with Crippen molar-refractivity contribution in [2.75, 3.05) is 14.2 Å². The van der Waals surface area contributed by atoms with E-state index in [2.05, 4.69) is 0 Å². The van der Waals surface area contributed by atoms with Gasteiger partial charge in [0.05, 0.1) is 19.8 Å². The first kappa shape index (κ1) is 13.5. The van der Waals surface area contributed by atoms with Crippen LogP contribution in [0.15, 0.2) is 42.5 Å². The van der Waals surface area contributed by atoms with Crippen LogP contribution in [-0.2, 0) is 13.1 Å². The maximum Gasteiger partial charge on any atom is 0.258 e. The molecule has 3 rings (SSSR count). The van der Waals surface area contributed by atoms with Gasteiger partial charge in [0.15, 0.2) is 11.5 Å². The van der Waals surface area contributed by atoms with Gasteiger partial charge in [0.2, 0.25) is 0 Å². The summed E-state index contributed by atoms with van der Waals surface area (Å²) in [6, 6.07) is 13.7. The average Bonchev–Trinajstić information content (AvgIpc) is 2.84. The molecule has 0 fully saturated rings. The fourth-order valence-corrected chi connectivity index (χ4v) is 2.70. The number of carbonyl (C=O) groups excluding carboxylic acids is 1.